The van der Waals surface area contributed by atoms with Crippen LogP contribution in [0.25, 0.3) is 0 Å². The molecule has 8 heteroatoms. The molecule has 2 aromatic rings. The minimum Gasteiger partial charge on any atom is -0.492 e. The molecule has 0 spiro atoms. The summed E-state index contributed by atoms with van der Waals surface area (Å²) < 4.78 is 33.8. The minimum atomic E-state index is -3.59. The summed E-state index contributed by atoms with van der Waals surface area (Å²) in [5, 5.41) is 2.77. The minimum absolute atomic E-state index is 0.0174. The van der Waals surface area contributed by atoms with Crippen LogP contribution in [-0.4, -0.2) is 33.5 Å². The fourth-order valence-corrected chi connectivity index (χ4v) is 4.20. The first-order valence-corrected chi connectivity index (χ1v) is 10.9. The largest absolute Gasteiger partial charge is 0.492 e. The first-order chi connectivity index (χ1) is 12.8. The number of hydrogen-bond acceptors (Lipinski definition) is 4. The van der Waals surface area contributed by atoms with E-state index in [2.05, 4.69) is 26.0 Å². The molecule has 0 saturated heterocycles. The van der Waals surface area contributed by atoms with Crippen LogP contribution < -0.4 is 14.8 Å². The highest BCUT2D eigenvalue weighted by molar-refractivity contribution is 9.10. The van der Waals surface area contributed by atoms with E-state index < -0.39 is 10.0 Å². The molecule has 0 bridgehead atoms. The molecule has 0 atom stereocenters. The van der Waals surface area contributed by atoms with E-state index in [0.717, 1.165) is 17.3 Å². The number of aryl methyl sites for hydroxylation is 1. The molecule has 1 aliphatic carbocycles. The van der Waals surface area contributed by atoms with Crippen LogP contribution >= 0.6 is 15.9 Å². The molecule has 0 aliphatic heterocycles. The normalized spacial score (nSPS) is 14.0. The van der Waals surface area contributed by atoms with Gasteiger partial charge in [0, 0.05) is 16.1 Å². The van der Waals surface area contributed by atoms with E-state index in [1.807, 2.05) is 24.3 Å². The summed E-state index contributed by atoms with van der Waals surface area (Å²) >= 11 is 3.37. The maximum Gasteiger partial charge on any atom is 0.251 e. The van der Waals surface area contributed by atoms with Crippen molar-refractivity contribution in [2.45, 2.75) is 30.7 Å². The maximum atomic E-state index is 12.5. The summed E-state index contributed by atoms with van der Waals surface area (Å²) in [4.78, 5) is 12.6. The number of amides is 1. The van der Waals surface area contributed by atoms with E-state index in [-0.39, 0.29) is 16.8 Å². The lowest BCUT2D eigenvalue weighted by Gasteiger charge is -2.11. The molecule has 2 aromatic carbocycles. The van der Waals surface area contributed by atoms with Gasteiger partial charge in [-0.2, -0.15) is 0 Å². The molecule has 144 valence electrons. The average molecular weight is 453 g/mol. The quantitative estimate of drug-likeness (QED) is 0.602. The van der Waals surface area contributed by atoms with E-state index in [1.54, 1.807) is 13.0 Å². The van der Waals surface area contributed by atoms with Crippen LogP contribution in [0, 0.1) is 6.92 Å². The molecule has 1 saturated carbocycles. The Morgan fingerprint density at radius 1 is 1.22 bits per heavy atom. The molecule has 2 N–H and O–H groups in total. The van der Waals surface area contributed by atoms with Crippen LogP contribution in [0.1, 0.15) is 28.8 Å². The number of carbonyl (C=O) groups is 1. The molecule has 1 amide bonds. The smallest absolute Gasteiger partial charge is 0.251 e. The van der Waals surface area contributed by atoms with Gasteiger partial charge in [0.25, 0.3) is 5.91 Å². The van der Waals surface area contributed by atoms with Crippen molar-refractivity contribution >= 4 is 31.9 Å². The lowest BCUT2D eigenvalue weighted by atomic mass is 10.1. The van der Waals surface area contributed by atoms with Gasteiger partial charge >= 0.3 is 0 Å². The molecule has 0 unspecified atom stereocenters. The topological polar surface area (TPSA) is 84.5 Å². The van der Waals surface area contributed by atoms with Gasteiger partial charge < -0.3 is 10.1 Å². The van der Waals surface area contributed by atoms with E-state index >= 15 is 0 Å². The van der Waals surface area contributed by atoms with E-state index in [1.165, 1.54) is 12.1 Å². The van der Waals surface area contributed by atoms with Crippen molar-refractivity contribution in [1.29, 1.82) is 0 Å². The number of carbonyl (C=O) groups excluding carboxylic acids is 1. The van der Waals surface area contributed by atoms with Gasteiger partial charge in [-0.25, -0.2) is 13.1 Å². The molecular weight excluding hydrogens is 432 g/mol. The lowest BCUT2D eigenvalue weighted by Crippen LogP contribution is -2.29. The Bertz CT molecular complexity index is 942. The summed E-state index contributed by atoms with van der Waals surface area (Å²) in [7, 11) is -3.59. The fraction of sp³-hybridized carbons (Fsp3) is 0.316. The fourth-order valence-electron chi connectivity index (χ4n) is 2.49. The maximum absolute atomic E-state index is 12.5. The second kappa shape index (κ2) is 8.41. The van der Waals surface area contributed by atoms with Crippen LogP contribution in [0.15, 0.2) is 51.8 Å². The first kappa shape index (κ1) is 19.9. The SMILES string of the molecule is Cc1ccc(S(=O)(=O)NC2CC2)cc1C(=O)NCCOc1cccc(Br)c1. The number of sulfonamides is 1. The monoisotopic (exact) mass is 452 g/mol. The van der Waals surface area contributed by atoms with Crippen LogP contribution in [0.2, 0.25) is 0 Å². The predicted octanol–water partition coefficient (Wildman–Crippen LogP) is 3.01. The Kier molecular flexibility index (Phi) is 6.18. The molecular formula is C19H21BrN2O4S. The van der Waals surface area contributed by atoms with Crippen molar-refractivity contribution in [3.05, 3.63) is 58.1 Å². The van der Waals surface area contributed by atoms with E-state index in [0.29, 0.717) is 30.0 Å². The number of rotatable bonds is 8. The zero-order valence-corrected chi connectivity index (χ0v) is 17.3. The summed E-state index contributed by atoms with van der Waals surface area (Å²) in [5.41, 5.74) is 1.06. The number of nitrogens with one attached hydrogen (secondary N) is 2. The summed E-state index contributed by atoms with van der Waals surface area (Å²) in [6.07, 6.45) is 1.72. The number of hydrogen-bond donors (Lipinski definition) is 2. The summed E-state index contributed by atoms with van der Waals surface area (Å²) in [6.45, 7) is 2.39. The van der Waals surface area contributed by atoms with E-state index in [4.69, 9.17) is 4.74 Å². The molecule has 1 fully saturated rings. The standard InChI is InChI=1S/C19H21BrN2O4S/c1-13-5-8-17(27(24,25)22-15-6-7-15)12-18(13)19(23)21-9-10-26-16-4-2-3-14(20)11-16/h2-5,8,11-12,15,22H,6-7,9-10H2,1H3,(H,21,23). The van der Waals surface area contributed by atoms with Crippen molar-refractivity contribution in [3.63, 3.8) is 0 Å². The first-order valence-electron chi connectivity index (χ1n) is 8.65. The molecule has 6 nitrogen and oxygen atoms in total. The highest BCUT2D eigenvalue weighted by Gasteiger charge is 2.28. The summed E-state index contributed by atoms with van der Waals surface area (Å²) in [6, 6.07) is 12.0. The highest BCUT2D eigenvalue weighted by atomic mass is 79.9. The third-order valence-electron chi connectivity index (χ3n) is 4.12. The third kappa shape index (κ3) is 5.54. The number of halogens is 1. The van der Waals surface area contributed by atoms with Crippen LogP contribution in [0.5, 0.6) is 5.75 Å². The van der Waals surface area contributed by atoms with Crippen LogP contribution in [0.3, 0.4) is 0 Å². The lowest BCUT2D eigenvalue weighted by molar-refractivity contribution is 0.0946. The number of ether oxygens (including phenoxy) is 1. The second-order valence-corrected chi connectivity index (χ2v) is 9.06. The Hall–Kier alpha value is -1.90. The molecule has 0 radical (unpaired) electrons. The van der Waals surface area contributed by atoms with Crippen molar-refractivity contribution < 1.29 is 17.9 Å². The van der Waals surface area contributed by atoms with Gasteiger partial charge in [0.1, 0.15) is 12.4 Å². The Morgan fingerprint density at radius 3 is 2.70 bits per heavy atom. The van der Waals surface area contributed by atoms with Gasteiger partial charge in [0.2, 0.25) is 10.0 Å². The summed E-state index contributed by atoms with van der Waals surface area (Å²) in [5.74, 6) is 0.378. The molecule has 27 heavy (non-hydrogen) atoms. The molecule has 3 rings (SSSR count). The zero-order chi connectivity index (χ0) is 19.4. The van der Waals surface area contributed by atoms with Gasteiger partial charge in [-0.1, -0.05) is 28.1 Å². The van der Waals surface area contributed by atoms with E-state index in [9.17, 15) is 13.2 Å². The highest BCUT2D eigenvalue weighted by Crippen LogP contribution is 2.23. The zero-order valence-electron chi connectivity index (χ0n) is 14.9. The van der Waals surface area contributed by atoms with Crippen LogP contribution in [-0.2, 0) is 10.0 Å². The van der Waals surface area contributed by atoms with Gasteiger partial charge in [0.15, 0.2) is 0 Å². The molecule has 0 heterocycles. The van der Waals surface area contributed by atoms with Crippen LogP contribution in [0.4, 0.5) is 0 Å². The predicted molar refractivity (Wildman–Crippen MR) is 106 cm³/mol. The molecule has 1 aliphatic rings. The third-order valence-corrected chi connectivity index (χ3v) is 6.13. The van der Waals surface area contributed by atoms with Crippen molar-refractivity contribution in [1.82, 2.24) is 10.0 Å². The Labute approximate surface area is 167 Å². The van der Waals surface area contributed by atoms with Crippen molar-refractivity contribution in [3.8, 4) is 5.75 Å². The van der Waals surface area contributed by atoms with Crippen molar-refractivity contribution in [2.24, 2.45) is 0 Å². The average Bonchev–Trinajstić information content (AvgIpc) is 3.42. The number of benzene rings is 2. The van der Waals surface area contributed by atoms with Gasteiger partial charge in [-0.15, -0.1) is 0 Å². The van der Waals surface area contributed by atoms with Gasteiger partial charge in [-0.3, -0.25) is 4.79 Å². The second-order valence-electron chi connectivity index (χ2n) is 6.43. The van der Waals surface area contributed by atoms with Gasteiger partial charge in [-0.05, 0) is 55.7 Å². The van der Waals surface area contributed by atoms with Gasteiger partial charge in [0.05, 0.1) is 11.4 Å². The molecule has 0 aromatic heterocycles. The Balaban J connectivity index is 1.59. The Morgan fingerprint density at radius 2 is 2.00 bits per heavy atom. The van der Waals surface area contributed by atoms with Crippen molar-refractivity contribution in [2.75, 3.05) is 13.2 Å².